The van der Waals surface area contributed by atoms with Crippen LogP contribution in [0.5, 0.6) is 0 Å². The number of nitrogens with two attached hydrogens (primary N) is 1. The average Bonchev–Trinajstić information content (AvgIpc) is 2.59. The predicted octanol–water partition coefficient (Wildman–Crippen LogP) is 2.02. The van der Waals surface area contributed by atoms with Crippen molar-refractivity contribution in [3.05, 3.63) is 17.3 Å². The molecule has 0 aliphatic carbocycles. The molecule has 2 aromatic heterocycles. The molecule has 3 rings (SSSR count). The first kappa shape index (κ1) is 18.4. The minimum Gasteiger partial charge on any atom is -0.444 e. The number of hydrazine groups is 1. The van der Waals surface area contributed by atoms with Crippen LogP contribution in [-0.2, 0) is 4.74 Å². The number of hydrogen-bond acceptors (Lipinski definition) is 8. The maximum atomic E-state index is 12.2. The van der Waals surface area contributed by atoms with Gasteiger partial charge in [-0.15, -0.1) is 0 Å². The van der Waals surface area contributed by atoms with Crippen LogP contribution in [0.1, 0.15) is 20.8 Å². The van der Waals surface area contributed by atoms with Crippen LogP contribution in [0.15, 0.2) is 12.3 Å². The van der Waals surface area contributed by atoms with E-state index < -0.39 is 5.60 Å². The lowest BCUT2D eigenvalue weighted by molar-refractivity contribution is 0.0240. The second kappa shape index (κ2) is 7.08. The molecule has 140 valence electrons. The Balaban J connectivity index is 1.76. The number of hydrogen-bond donors (Lipinski definition) is 2. The summed E-state index contributed by atoms with van der Waals surface area (Å²) in [4.78, 5) is 29.1. The fourth-order valence-electron chi connectivity index (χ4n) is 2.66. The Morgan fingerprint density at radius 3 is 2.58 bits per heavy atom. The van der Waals surface area contributed by atoms with Gasteiger partial charge in [-0.2, -0.15) is 0 Å². The topological polar surface area (TPSA) is 110 Å². The number of rotatable bonds is 2. The molecule has 3 heterocycles. The summed E-state index contributed by atoms with van der Waals surface area (Å²) in [6.07, 6.45) is 1.22. The van der Waals surface area contributed by atoms with Crippen LogP contribution in [0.2, 0.25) is 5.02 Å². The molecule has 0 unspecified atom stereocenters. The maximum absolute atomic E-state index is 12.2. The largest absolute Gasteiger partial charge is 0.444 e. The van der Waals surface area contributed by atoms with Crippen LogP contribution in [0.25, 0.3) is 11.2 Å². The molecule has 9 nitrogen and oxygen atoms in total. The number of aromatic nitrogens is 3. The molecule has 1 aliphatic rings. The molecule has 3 N–H and O–H groups in total. The highest BCUT2D eigenvalue weighted by atomic mass is 35.5. The number of carbonyl (C=O) groups excluding carboxylic acids is 1. The number of anilines is 2. The predicted molar refractivity (Wildman–Crippen MR) is 100 cm³/mol. The first-order chi connectivity index (χ1) is 12.3. The van der Waals surface area contributed by atoms with Gasteiger partial charge in [0, 0.05) is 32.4 Å². The quantitative estimate of drug-likeness (QED) is 0.602. The summed E-state index contributed by atoms with van der Waals surface area (Å²) < 4.78 is 5.42. The number of nitrogen functional groups attached to an aromatic ring is 1. The van der Waals surface area contributed by atoms with Crippen LogP contribution in [0, 0.1) is 0 Å². The highest BCUT2D eigenvalue weighted by molar-refractivity contribution is 6.31. The van der Waals surface area contributed by atoms with Crippen molar-refractivity contribution in [3.63, 3.8) is 0 Å². The molecule has 0 spiro atoms. The van der Waals surface area contributed by atoms with E-state index in [9.17, 15) is 4.79 Å². The van der Waals surface area contributed by atoms with Crippen LogP contribution in [-0.4, -0.2) is 57.7 Å². The van der Waals surface area contributed by atoms with Gasteiger partial charge in [0.25, 0.3) is 0 Å². The van der Waals surface area contributed by atoms with Gasteiger partial charge in [0.2, 0.25) is 0 Å². The van der Waals surface area contributed by atoms with Gasteiger partial charge < -0.3 is 20.0 Å². The SMILES string of the molecule is CC(C)(C)OC(=O)N1CCN(c2nc3ncc(Cl)cc3nc2NN)CC1. The smallest absolute Gasteiger partial charge is 0.410 e. The molecule has 0 atom stereocenters. The van der Waals surface area contributed by atoms with E-state index in [-0.39, 0.29) is 6.09 Å². The van der Waals surface area contributed by atoms with E-state index in [1.165, 1.54) is 6.20 Å². The summed E-state index contributed by atoms with van der Waals surface area (Å²) in [5.74, 6) is 6.65. The van der Waals surface area contributed by atoms with E-state index in [2.05, 4.69) is 20.4 Å². The summed E-state index contributed by atoms with van der Waals surface area (Å²) in [7, 11) is 0. The van der Waals surface area contributed by atoms with Crippen molar-refractivity contribution in [1.29, 1.82) is 0 Å². The Bertz CT molecular complexity index is 816. The fraction of sp³-hybridized carbons (Fsp3) is 0.500. The van der Waals surface area contributed by atoms with Crippen LogP contribution >= 0.6 is 11.6 Å². The normalized spacial score (nSPS) is 15.3. The van der Waals surface area contributed by atoms with Crippen molar-refractivity contribution in [1.82, 2.24) is 19.9 Å². The van der Waals surface area contributed by atoms with Crippen LogP contribution in [0.3, 0.4) is 0 Å². The number of fused-ring (bicyclic) bond motifs is 1. The first-order valence-electron chi connectivity index (χ1n) is 8.29. The summed E-state index contributed by atoms with van der Waals surface area (Å²) >= 11 is 5.95. The van der Waals surface area contributed by atoms with E-state index in [1.807, 2.05) is 25.7 Å². The molecule has 0 aromatic carbocycles. The molecule has 0 saturated carbocycles. The summed E-state index contributed by atoms with van der Waals surface area (Å²) in [6.45, 7) is 7.77. The van der Waals surface area contributed by atoms with Gasteiger partial charge in [0.15, 0.2) is 17.3 Å². The van der Waals surface area contributed by atoms with Crippen molar-refractivity contribution < 1.29 is 9.53 Å². The number of nitrogens with one attached hydrogen (secondary N) is 1. The van der Waals surface area contributed by atoms with E-state index in [0.717, 1.165) is 0 Å². The maximum Gasteiger partial charge on any atom is 0.410 e. The number of nitrogens with zero attached hydrogens (tertiary/aromatic N) is 5. The monoisotopic (exact) mass is 379 g/mol. The first-order valence-corrected chi connectivity index (χ1v) is 8.67. The third-order valence-corrected chi connectivity index (χ3v) is 4.04. The van der Waals surface area contributed by atoms with Gasteiger partial charge >= 0.3 is 6.09 Å². The lowest BCUT2D eigenvalue weighted by Crippen LogP contribution is -2.50. The van der Waals surface area contributed by atoms with Gasteiger partial charge in [-0.25, -0.2) is 25.6 Å². The van der Waals surface area contributed by atoms with Gasteiger partial charge in [-0.3, -0.25) is 0 Å². The molecule has 1 aliphatic heterocycles. The molecule has 1 fully saturated rings. The Labute approximate surface area is 156 Å². The Morgan fingerprint density at radius 1 is 1.27 bits per heavy atom. The van der Waals surface area contributed by atoms with Gasteiger partial charge in [0.05, 0.1) is 5.02 Å². The molecular weight excluding hydrogens is 358 g/mol. The molecule has 1 amide bonds. The van der Waals surface area contributed by atoms with Crippen molar-refractivity contribution in [3.8, 4) is 0 Å². The molecular formula is C16H22ClN7O2. The number of piperazine rings is 1. The van der Waals surface area contributed by atoms with Crippen molar-refractivity contribution in [2.45, 2.75) is 26.4 Å². The Morgan fingerprint density at radius 2 is 1.96 bits per heavy atom. The Kier molecular flexibility index (Phi) is 5.01. The average molecular weight is 380 g/mol. The molecule has 26 heavy (non-hydrogen) atoms. The molecule has 0 radical (unpaired) electrons. The summed E-state index contributed by atoms with van der Waals surface area (Å²) in [6, 6.07) is 1.68. The van der Waals surface area contributed by atoms with Gasteiger partial charge in [-0.1, -0.05) is 11.6 Å². The van der Waals surface area contributed by atoms with Crippen LogP contribution < -0.4 is 16.2 Å². The van der Waals surface area contributed by atoms with Gasteiger partial charge in [0.1, 0.15) is 11.1 Å². The number of amides is 1. The van der Waals surface area contributed by atoms with Crippen molar-refractivity contribution in [2.24, 2.45) is 5.84 Å². The minimum atomic E-state index is -0.512. The zero-order chi connectivity index (χ0) is 18.9. The highest BCUT2D eigenvalue weighted by Gasteiger charge is 2.27. The second-order valence-electron chi connectivity index (χ2n) is 6.99. The zero-order valence-corrected chi connectivity index (χ0v) is 15.7. The molecule has 2 aromatic rings. The fourth-order valence-corrected chi connectivity index (χ4v) is 2.81. The van der Waals surface area contributed by atoms with Crippen molar-refractivity contribution >= 4 is 40.5 Å². The number of pyridine rings is 1. The summed E-state index contributed by atoms with van der Waals surface area (Å²) in [5.41, 5.74) is 3.11. The highest BCUT2D eigenvalue weighted by Crippen LogP contribution is 2.26. The third-order valence-electron chi connectivity index (χ3n) is 3.84. The summed E-state index contributed by atoms with van der Waals surface area (Å²) in [5, 5.41) is 0.480. The number of halogens is 1. The third kappa shape index (κ3) is 4.05. The molecule has 0 bridgehead atoms. The lowest BCUT2D eigenvalue weighted by Gasteiger charge is -2.36. The molecule has 1 saturated heterocycles. The Hall–Kier alpha value is -2.39. The molecule has 10 heteroatoms. The van der Waals surface area contributed by atoms with Gasteiger partial charge in [-0.05, 0) is 26.8 Å². The zero-order valence-electron chi connectivity index (χ0n) is 15.0. The van der Waals surface area contributed by atoms with Crippen LogP contribution in [0.4, 0.5) is 16.4 Å². The second-order valence-corrected chi connectivity index (χ2v) is 7.43. The van der Waals surface area contributed by atoms with E-state index in [4.69, 9.17) is 22.2 Å². The number of ether oxygens (including phenoxy) is 1. The van der Waals surface area contributed by atoms with E-state index in [0.29, 0.717) is 54.0 Å². The van der Waals surface area contributed by atoms with E-state index >= 15 is 0 Å². The number of carbonyl (C=O) groups is 1. The standard InChI is InChI=1S/C16H22ClN7O2/c1-16(2,3)26-15(25)24-6-4-23(5-7-24)14-13(22-18)20-11-8-10(17)9-19-12(11)21-14/h8-9H,4-7,18H2,1-3H3,(H,20,22). The minimum absolute atomic E-state index is 0.310. The van der Waals surface area contributed by atoms with Crippen molar-refractivity contribution in [2.75, 3.05) is 36.5 Å². The lowest BCUT2D eigenvalue weighted by atomic mass is 10.2. The van der Waals surface area contributed by atoms with E-state index in [1.54, 1.807) is 11.0 Å².